The van der Waals surface area contributed by atoms with Crippen molar-refractivity contribution < 1.29 is 22.4 Å². The highest BCUT2D eigenvalue weighted by atomic mass is 19.4. The van der Waals surface area contributed by atoms with Crippen LogP contribution in [0.3, 0.4) is 0 Å². The van der Waals surface area contributed by atoms with Crippen LogP contribution in [0.5, 0.6) is 0 Å². The number of amides is 1. The van der Waals surface area contributed by atoms with Crippen molar-refractivity contribution in [2.45, 2.75) is 38.4 Å². The average molecular weight is 560 g/mol. The van der Waals surface area contributed by atoms with E-state index in [9.17, 15) is 22.4 Å². The molecule has 3 aromatic carbocycles. The van der Waals surface area contributed by atoms with Crippen LogP contribution in [-0.4, -0.2) is 15.7 Å². The van der Waals surface area contributed by atoms with Crippen LogP contribution in [0.15, 0.2) is 84.6 Å². The Morgan fingerprint density at radius 2 is 1.80 bits per heavy atom. The summed E-state index contributed by atoms with van der Waals surface area (Å²) in [5.41, 5.74) is 2.40. The number of halogens is 4. The van der Waals surface area contributed by atoms with E-state index in [0.29, 0.717) is 23.6 Å². The van der Waals surface area contributed by atoms with Crippen molar-refractivity contribution >= 4 is 11.6 Å². The second kappa shape index (κ2) is 11.3. The Kier molecular flexibility index (Phi) is 7.62. The molecule has 2 N–H and O–H groups in total. The summed E-state index contributed by atoms with van der Waals surface area (Å²) in [4.78, 5) is 13.3. The lowest BCUT2D eigenvalue weighted by atomic mass is 9.97. The Morgan fingerprint density at radius 3 is 2.46 bits per heavy atom. The molecule has 1 aliphatic rings. The van der Waals surface area contributed by atoms with E-state index in [1.54, 1.807) is 48.5 Å². The molecule has 6 nitrogen and oxygen atoms in total. The molecule has 1 aliphatic carbocycles. The van der Waals surface area contributed by atoms with Gasteiger partial charge >= 0.3 is 6.18 Å². The lowest BCUT2D eigenvalue weighted by Crippen LogP contribution is -2.20. The molecule has 1 fully saturated rings. The van der Waals surface area contributed by atoms with Crippen molar-refractivity contribution in [1.29, 1.82) is 5.26 Å². The SMILES string of the molecule is CCc1cccc(-n2nc(C(F)(F)F)cc2C(=O)Nc2cc(C(NC=C3CC3)c3ccc(C#N)cc3)ccc2F)c1. The summed E-state index contributed by atoms with van der Waals surface area (Å²) in [5, 5.41) is 18.6. The van der Waals surface area contributed by atoms with Crippen molar-refractivity contribution in [3.8, 4) is 11.8 Å². The zero-order valence-corrected chi connectivity index (χ0v) is 22.0. The Morgan fingerprint density at radius 1 is 1.07 bits per heavy atom. The zero-order chi connectivity index (χ0) is 29.1. The van der Waals surface area contributed by atoms with Gasteiger partial charge in [0.05, 0.1) is 29.0 Å². The molecule has 0 spiro atoms. The standard InChI is InChI=1S/C31H25F4N5O/c1-2-19-4-3-5-24(14-19)40-27(16-28(39-40)31(33,34)35)30(41)38-26-15-23(12-13-25(26)32)29(37-18-21-6-7-21)22-10-8-20(17-36)9-11-22/h3-5,8-16,18,29,37H,2,6-7H2,1H3,(H,38,41). The Hall–Kier alpha value is -4.91. The highest BCUT2D eigenvalue weighted by molar-refractivity contribution is 6.03. The first-order valence-corrected chi connectivity index (χ1v) is 13.0. The molecule has 0 radical (unpaired) electrons. The molecule has 41 heavy (non-hydrogen) atoms. The van der Waals surface area contributed by atoms with Crippen molar-refractivity contribution in [3.63, 3.8) is 0 Å². The van der Waals surface area contributed by atoms with E-state index in [2.05, 4.69) is 21.8 Å². The quantitative estimate of drug-likeness (QED) is 0.226. The Balaban J connectivity index is 1.50. The molecule has 1 heterocycles. The van der Waals surface area contributed by atoms with E-state index in [1.165, 1.54) is 17.7 Å². The van der Waals surface area contributed by atoms with Gasteiger partial charge in [0.1, 0.15) is 11.5 Å². The second-order valence-electron chi connectivity index (χ2n) is 9.68. The van der Waals surface area contributed by atoms with E-state index >= 15 is 0 Å². The van der Waals surface area contributed by atoms with Crippen LogP contribution in [0.25, 0.3) is 5.69 Å². The van der Waals surface area contributed by atoms with E-state index in [4.69, 9.17) is 5.26 Å². The maximum atomic E-state index is 15.0. The summed E-state index contributed by atoms with van der Waals surface area (Å²) < 4.78 is 56.6. The highest BCUT2D eigenvalue weighted by Gasteiger charge is 2.36. The summed E-state index contributed by atoms with van der Waals surface area (Å²) in [6, 6.07) is 20.1. The van der Waals surface area contributed by atoms with Gasteiger partial charge in [-0.15, -0.1) is 0 Å². The smallest absolute Gasteiger partial charge is 0.380 e. The fraction of sp³-hybridized carbons (Fsp3) is 0.194. The molecule has 0 saturated heterocycles. The van der Waals surface area contributed by atoms with Crippen molar-refractivity contribution in [1.82, 2.24) is 15.1 Å². The molecule has 1 aromatic heterocycles. The third-order valence-electron chi connectivity index (χ3n) is 6.73. The number of carbonyl (C=O) groups excluding carboxylic acids is 1. The number of alkyl halides is 3. The van der Waals surface area contributed by atoms with Crippen LogP contribution < -0.4 is 10.6 Å². The van der Waals surface area contributed by atoms with E-state index < -0.39 is 35.3 Å². The van der Waals surface area contributed by atoms with Crippen LogP contribution in [0.1, 0.15) is 64.2 Å². The number of carbonyl (C=O) groups is 1. The number of allylic oxidation sites excluding steroid dienone is 1. The molecule has 0 aliphatic heterocycles. The van der Waals surface area contributed by atoms with Gasteiger partial charge in [0.2, 0.25) is 0 Å². The monoisotopic (exact) mass is 559 g/mol. The number of nitriles is 1. The minimum absolute atomic E-state index is 0.198. The van der Waals surface area contributed by atoms with Crippen LogP contribution in [0.4, 0.5) is 23.2 Å². The topological polar surface area (TPSA) is 82.7 Å². The summed E-state index contributed by atoms with van der Waals surface area (Å²) >= 11 is 0. The number of aryl methyl sites for hydroxylation is 1. The minimum atomic E-state index is -4.79. The number of aromatic nitrogens is 2. The number of hydrogen-bond acceptors (Lipinski definition) is 4. The summed E-state index contributed by atoms with van der Waals surface area (Å²) in [6.45, 7) is 1.90. The maximum Gasteiger partial charge on any atom is 0.435 e. The van der Waals surface area contributed by atoms with Crippen molar-refractivity contribution in [2.24, 2.45) is 0 Å². The molecule has 208 valence electrons. The predicted molar refractivity (Wildman–Crippen MR) is 146 cm³/mol. The Labute approximate surface area is 233 Å². The van der Waals surface area contributed by atoms with Crippen LogP contribution in [-0.2, 0) is 12.6 Å². The molecule has 10 heteroatoms. The maximum absolute atomic E-state index is 15.0. The normalized spacial score (nSPS) is 13.3. The van der Waals surface area contributed by atoms with Gasteiger partial charge in [-0.25, -0.2) is 9.07 Å². The average Bonchev–Trinajstić information content (AvgIpc) is 3.68. The molecule has 4 aromatic rings. The number of hydrogen-bond donors (Lipinski definition) is 2. The lowest BCUT2D eigenvalue weighted by molar-refractivity contribution is -0.141. The summed E-state index contributed by atoms with van der Waals surface area (Å²) in [6.07, 6.45) is -0.305. The number of nitrogens with one attached hydrogen (secondary N) is 2. The first-order valence-electron chi connectivity index (χ1n) is 13.0. The van der Waals surface area contributed by atoms with Gasteiger partial charge in [0.15, 0.2) is 5.69 Å². The molecular formula is C31H25F4N5O. The molecule has 0 bridgehead atoms. The van der Waals surface area contributed by atoms with Crippen molar-refractivity contribution in [3.05, 3.63) is 124 Å². The first kappa shape index (κ1) is 27.6. The van der Waals surface area contributed by atoms with Gasteiger partial charge in [0, 0.05) is 6.07 Å². The molecule has 1 unspecified atom stereocenters. The van der Waals surface area contributed by atoms with Gasteiger partial charge < -0.3 is 10.6 Å². The van der Waals surface area contributed by atoms with Crippen LogP contribution in [0.2, 0.25) is 0 Å². The molecule has 1 saturated carbocycles. The zero-order valence-electron chi connectivity index (χ0n) is 22.0. The number of benzene rings is 3. The molecule has 5 rings (SSSR count). The molecule has 1 atom stereocenters. The number of rotatable bonds is 8. The lowest BCUT2D eigenvalue weighted by Gasteiger charge is -2.20. The highest BCUT2D eigenvalue weighted by Crippen LogP contribution is 2.32. The second-order valence-corrected chi connectivity index (χ2v) is 9.68. The fourth-order valence-corrected chi connectivity index (χ4v) is 4.34. The van der Waals surface area contributed by atoms with Gasteiger partial charge in [-0.1, -0.05) is 42.8 Å². The Bertz CT molecular complexity index is 1660. The molecular weight excluding hydrogens is 534 g/mol. The van der Waals surface area contributed by atoms with Crippen molar-refractivity contribution in [2.75, 3.05) is 5.32 Å². The first-order chi connectivity index (χ1) is 19.7. The third kappa shape index (κ3) is 6.30. The third-order valence-corrected chi connectivity index (χ3v) is 6.73. The van der Waals surface area contributed by atoms with Crippen LogP contribution >= 0.6 is 0 Å². The number of nitrogens with zero attached hydrogens (tertiary/aromatic N) is 3. The van der Waals surface area contributed by atoms with E-state index in [0.717, 1.165) is 28.7 Å². The summed E-state index contributed by atoms with van der Waals surface area (Å²) in [7, 11) is 0. The van der Waals surface area contributed by atoms with E-state index in [1.807, 2.05) is 19.2 Å². The fourth-order valence-electron chi connectivity index (χ4n) is 4.34. The molecule has 1 amide bonds. The van der Waals surface area contributed by atoms with Crippen LogP contribution in [0, 0.1) is 17.1 Å². The van der Waals surface area contributed by atoms with Gasteiger partial charge in [0.25, 0.3) is 5.91 Å². The van der Waals surface area contributed by atoms with Gasteiger partial charge in [-0.05, 0) is 78.6 Å². The largest absolute Gasteiger partial charge is 0.435 e. The predicted octanol–water partition coefficient (Wildman–Crippen LogP) is 7.07. The minimum Gasteiger partial charge on any atom is -0.380 e. The van der Waals surface area contributed by atoms with Gasteiger partial charge in [-0.3, -0.25) is 4.79 Å². The number of anilines is 1. The van der Waals surface area contributed by atoms with E-state index in [-0.39, 0.29) is 11.4 Å². The van der Waals surface area contributed by atoms with Gasteiger partial charge in [-0.2, -0.15) is 23.5 Å². The summed E-state index contributed by atoms with van der Waals surface area (Å²) in [5.74, 6) is -1.70.